The smallest absolute Gasteiger partial charge is 0.243 e. The highest BCUT2D eigenvalue weighted by Gasteiger charge is 2.30. The molecule has 4 rings (SSSR count). The maximum absolute atomic E-state index is 13.1. The number of ketones is 1. The van der Waals surface area contributed by atoms with Crippen LogP contribution in [0.15, 0.2) is 35.2 Å². The summed E-state index contributed by atoms with van der Waals surface area (Å²) < 4.78 is 35.9. The molecule has 0 unspecified atom stereocenters. The van der Waals surface area contributed by atoms with Crippen LogP contribution in [0.1, 0.15) is 67.3 Å². The minimum absolute atomic E-state index is 0.0918. The van der Waals surface area contributed by atoms with Crippen LogP contribution in [0.5, 0.6) is 5.75 Å². The van der Waals surface area contributed by atoms with Gasteiger partial charge in [0, 0.05) is 49.2 Å². The fourth-order valence-corrected chi connectivity index (χ4v) is 6.73. The number of aryl methyl sites for hydroxylation is 1. The summed E-state index contributed by atoms with van der Waals surface area (Å²) in [5, 5.41) is 0. The van der Waals surface area contributed by atoms with E-state index in [-0.39, 0.29) is 16.8 Å². The van der Waals surface area contributed by atoms with E-state index in [0.717, 1.165) is 35.5 Å². The van der Waals surface area contributed by atoms with Crippen molar-refractivity contribution in [2.75, 3.05) is 32.7 Å². The van der Waals surface area contributed by atoms with Crippen LogP contribution < -0.4 is 4.74 Å². The largest absolute Gasteiger partial charge is 0.490 e. The third-order valence-electron chi connectivity index (χ3n) is 7.07. The molecule has 0 radical (unpaired) electrons. The van der Waals surface area contributed by atoms with Crippen molar-refractivity contribution >= 4 is 15.8 Å². The van der Waals surface area contributed by atoms with Crippen molar-refractivity contribution in [3.05, 3.63) is 47.3 Å². The molecule has 8 heteroatoms. The van der Waals surface area contributed by atoms with E-state index in [1.165, 1.54) is 17.1 Å². The number of aromatic nitrogens is 1. The molecule has 1 saturated carbocycles. The van der Waals surface area contributed by atoms with Crippen LogP contribution in [-0.4, -0.2) is 66.8 Å². The molecule has 34 heavy (non-hydrogen) atoms. The van der Waals surface area contributed by atoms with Crippen LogP contribution in [0.25, 0.3) is 0 Å². The van der Waals surface area contributed by atoms with E-state index in [1.54, 1.807) is 24.3 Å². The second-order valence-electron chi connectivity index (χ2n) is 9.85. The molecule has 0 bridgehead atoms. The Hall–Kier alpha value is -2.16. The summed E-state index contributed by atoms with van der Waals surface area (Å²) in [6.07, 6.45) is 4.76. The van der Waals surface area contributed by atoms with Crippen LogP contribution >= 0.6 is 0 Å². The minimum Gasteiger partial charge on any atom is -0.490 e. The van der Waals surface area contributed by atoms with Crippen molar-refractivity contribution in [2.45, 2.75) is 70.4 Å². The van der Waals surface area contributed by atoms with Crippen LogP contribution in [0.2, 0.25) is 0 Å². The number of carbonyl (C=O) groups is 1. The Labute approximate surface area is 203 Å². The Morgan fingerprint density at radius 1 is 1.03 bits per heavy atom. The highest BCUT2D eigenvalue weighted by Crippen LogP contribution is 2.26. The molecule has 7 nitrogen and oxygen atoms in total. The number of sulfonamides is 1. The molecule has 0 N–H and O–H groups in total. The molecule has 1 saturated heterocycles. The Morgan fingerprint density at radius 2 is 1.65 bits per heavy atom. The fraction of sp³-hybridized carbons (Fsp3) is 0.577. The number of hydrogen-bond donors (Lipinski definition) is 0. The average Bonchev–Trinajstić information content (AvgIpc) is 3.41. The summed E-state index contributed by atoms with van der Waals surface area (Å²) >= 11 is 0. The number of rotatable bonds is 8. The lowest BCUT2D eigenvalue weighted by Crippen LogP contribution is -2.49. The first kappa shape index (κ1) is 24.9. The average molecular weight is 488 g/mol. The van der Waals surface area contributed by atoms with E-state index in [1.807, 2.05) is 24.8 Å². The third kappa shape index (κ3) is 5.24. The van der Waals surface area contributed by atoms with Gasteiger partial charge in [-0.2, -0.15) is 4.31 Å². The Bertz CT molecular complexity index is 1110. The predicted molar refractivity (Wildman–Crippen MR) is 133 cm³/mol. The quantitative estimate of drug-likeness (QED) is 0.522. The van der Waals surface area contributed by atoms with E-state index >= 15 is 0 Å². The van der Waals surface area contributed by atoms with Crippen molar-refractivity contribution in [3.8, 4) is 5.75 Å². The van der Waals surface area contributed by atoms with Gasteiger partial charge in [0.05, 0.1) is 17.5 Å². The van der Waals surface area contributed by atoms with Gasteiger partial charge in [-0.25, -0.2) is 8.42 Å². The Morgan fingerprint density at radius 3 is 2.21 bits per heavy atom. The van der Waals surface area contributed by atoms with Gasteiger partial charge in [0.25, 0.3) is 0 Å². The van der Waals surface area contributed by atoms with Crippen LogP contribution in [0.3, 0.4) is 0 Å². The number of nitrogens with zero attached hydrogens (tertiary/aromatic N) is 3. The monoisotopic (exact) mass is 487 g/mol. The number of Topliss-reactive ketones (excluding diaryl/α,β-unsaturated/α-hetero) is 1. The van der Waals surface area contributed by atoms with E-state index in [0.29, 0.717) is 38.8 Å². The minimum atomic E-state index is -3.57. The van der Waals surface area contributed by atoms with Gasteiger partial charge in [-0.05, 0) is 83.7 Å². The van der Waals surface area contributed by atoms with Gasteiger partial charge in [-0.3, -0.25) is 9.69 Å². The van der Waals surface area contributed by atoms with Crippen molar-refractivity contribution in [2.24, 2.45) is 0 Å². The van der Waals surface area contributed by atoms with Gasteiger partial charge in [0.15, 0.2) is 5.78 Å². The lowest BCUT2D eigenvalue weighted by molar-refractivity contribution is 0.0901. The topological polar surface area (TPSA) is 71.8 Å². The zero-order chi connectivity index (χ0) is 24.5. The van der Waals surface area contributed by atoms with E-state index < -0.39 is 10.0 Å². The molecule has 1 aromatic carbocycles. The number of benzene rings is 1. The van der Waals surface area contributed by atoms with Crippen molar-refractivity contribution in [1.29, 1.82) is 0 Å². The van der Waals surface area contributed by atoms with Gasteiger partial charge >= 0.3 is 0 Å². The van der Waals surface area contributed by atoms with Crippen LogP contribution in [-0.2, 0) is 10.0 Å². The summed E-state index contributed by atoms with van der Waals surface area (Å²) in [4.78, 5) is 15.3. The zero-order valence-electron chi connectivity index (χ0n) is 20.8. The first-order valence-corrected chi connectivity index (χ1v) is 13.8. The highest BCUT2D eigenvalue weighted by molar-refractivity contribution is 7.89. The van der Waals surface area contributed by atoms with Crippen molar-refractivity contribution in [3.63, 3.8) is 0 Å². The molecular formula is C26H37N3O4S. The molecule has 1 aliphatic heterocycles. The zero-order valence-corrected chi connectivity index (χ0v) is 21.6. The number of hydrogen-bond acceptors (Lipinski definition) is 5. The summed E-state index contributed by atoms with van der Waals surface area (Å²) in [7, 11) is -3.57. The van der Waals surface area contributed by atoms with Gasteiger partial charge in [0.2, 0.25) is 10.0 Å². The number of carbonyl (C=O) groups excluding carboxylic acids is 1. The van der Waals surface area contributed by atoms with E-state index in [4.69, 9.17) is 4.74 Å². The fourth-order valence-electron chi connectivity index (χ4n) is 5.31. The first-order valence-electron chi connectivity index (χ1n) is 12.4. The lowest BCUT2D eigenvalue weighted by Gasteiger charge is -2.33. The molecule has 1 aromatic heterocycles. The third-order valence-corrected chi connectivity index (χ3v) is 8.98. The molecule has 0 spiro atoms. The molecular weight excluding hydrogens is 450 g/mol. The number of ether oxygens (including phenoxy) is 1. The molecule has 186 valence electrons. The Kier molecular flexibility index (Phi) is 7.50. The van der Waals surface area contributed by atoms with Crippen molar-refractivity contribution in [1.82, 2.24) is 13.8 Å². The summed E-state index contributed by atoms with van der Waals surface area (Å²) in [5.41, 5.74) is 2.85. The van der Waals surface area contributed by atoms with Gasteiger partial charge < -0.3 is 9.30 Å². The maximum Gasteiger partial charge on any atom is 0.243 e. The maximum atomic E-state index is 13.1. The summed E-state index contributed by atoms with van der Waals surface area (Å²) in [6.45, 7) is 10.4. The van der Waals surface area contributed by atoms with E-state index in [2.05, 4.69) is 18.4 Å². The van der Waals surface area contributed by atoms with Gasteiger partial charge in [0.1, 0.15) is 5.75 Å². The molecule has 2 aromatic rings. The lowest BCUT2D eigenvalue weighted by atomic mass is 10.1. The molecule has 2 aliphatic rings. The standard InChI is InChI=1S/C26H37N3O4S/c1-19(2)29-20(3)17-25(21(29)4)26(30)18-27-13-15-28(16-14-27)34(31,32)24-11-9-23(10-12-24)33-22-7-5-6-8-22/h9-12,17,19,22H,5-8,13-16,18H2,1-4H3. The van der Waals surface area contributed by atoms with Crippen LogP contribution in [0.4, 0.5) is 0 Å². The summed E-state index contributed by atoms with van der Waals surface area (Å²) in [6, 6.07) is 9.07. The predicted octanol–water partition coefficient (Wildman–Crippen LogP) is 4.20. The van der Waals surface area contributed by atoms with Crippen molar-refractivity contribution < 1.29 is 17.9 Å². The molecule has 2 fully saturated rings. The summed E-state index contributed by atoms with van der Waals surface area (Å²) in [5.74, 6) is 0.820. The molecule has 1 aliphatic carbocycles. The van der Waals surface area contributed by atoms with E-state index in [9.17, 15) is 13.2 Å². The second-order valence-corrected chi connectivity index (χ2v) is 11.8. The molecule has 2 heterocycles. The SMILES string of the molecule is Cc1cc(C(=O)CN2CCN(S(=O)(=O)c3ccc(OC4CCCC4)cc3)CC2)c(C)n1C(C)C. The van der Waals surface area contributed by atoms with Gasteiger partial charge in [-0.15, -0.1) is 0 Å². The number of piperazine rings is 1. The highest BCUT2D eigenvalue weighted by atomic mass is 32.2. The first-order chi connectivity index (χ1) is 16.2. The van der Waals surface area contributed by atoms with Crippen LogP contribution in [0, 0.1) is 13.8 Å². The Balaban J connectivity index is 1.34. The molecule has 0 atom stereocenters. The second kappa shape index (κ2) is 10.2. The normalized spacial score (nSPS) is 18.6. The van der Waals surface area contributed by atoms with Gasteiger partial charge in [-0.1, -0.05) is 0 Å². The molecule has 0 amide bonds.